The number of hydrogen-bond donors (Lipinski definition) is 0. The van der Waals surface area contributed by atoms with Crippen LogP contribution in [0.25, 0.3) is 5.65 Å². The van der Waals surface area contributed by atoms with Gasteiger partial charge in [0.25, 0.3) is 0 Å². The van der Waals surface area contributed by atoms with Gasteiger partial charge in [-0.05, 0) is 43.3 Å². The first-order valence-corrected chi connectivity index (χ1v) is 13.1. The number of benzene rings is 1. The maximum Gasteiger partial charge on any atom is 0.151 e. The highest BCUT2D eigenvalue weighted by Gasteiger charge is 2.41. The molecule has 2 aromatic heterocycles. The molecule has 3 aromatic rings. The second-order valence-electron chi connectivity index (χ2n) is 7.73. The Balaban J connectivity index is 1.82. The van der Waals surface area contributed by atoms with Gasteiger partial charge in [-0.3, -0.25) is 4.40 Å². The lowest BCUT2D eigenvalue weighted by Crippen LogP contribution is -2.47. The fourth-order valence-electron chi connectivity index (χ4n) is 4.42. The van der Waals surface area contributed by atoms with E-state index in [9.17, 15) is 0 Å². The molecule has 1 aromatic carbocycles. The van der Waals surface area contributed by atoms with Crippen molar-refractivity contribution in [3.63, 3.8) is 0 Å². The summed E-state index contributed by atoms with van der Waals surface area (Å²) >= 11 is 3.56. The van der Waals surface area contributed by atoms with E-state index in [1.807, 2.05) is 6.07 Å². The molecule has 4 heterocycles. The molecule has 0 aliphatic carbocycles. The van der Waals surface area contributed by atoms with Gasteiger partial charge < -0.3 is 9.47 Å². The number of aromatic nitrogens is 2. The first kappa shape index (κ1) is 21.3. The zero-order valence-electron chi connectivity index (χ0n) is 17.7. The molecular weight excluding hydrogens is 477 g/mol. The number of aryl methyl sites for hydroxylation is 1. The highest BCUT2D eigenvalue weighted by Crippen LogP contribution is 2.58. The van der Waals surface area contributed by atoms with E-state index in [0.717, 1.165) is 74.1 Å². The summed E-state index contributed by atoms with van der Waals surface area (Å²) in [6.07, 6.45) is 2.12. The van der Waals surface area contributed by atoms with Crippen LogP contribution in [-0.4, -0.2) is 71.3 Å². The molecule has 2 aliphatic heterocycles. The van der Waals surface area contributed by atoms with Gasteiger partial charge in [-0.1, -0.05) is 22.0 Å². The number of fused-ring (bicyclic) bond motifs is 1. The normalized spacial score (nSPS) is 19.0. The predicted octanol–water partition coefficient (Wildman–Crippen LogP) is 4.06. The summed E-state index contributed by atoms with van der Waals surface area (Å²) < 4.78 is 25.5. The van der Waals surface area contributed by atoms with Gasteiger partial charge in [-0.25, -0.2) is 19.1 Å². The molecule has 9 heteroatoms. The molecule has 0 amide bonds. The highest BCUT2D eigenvalue weighted by molar-refractivity contribution is 9.10. The number of rotatable bonds is 4. The summed E-state index contributed by atoms with van der Waals surface area (Å²) in [7, 11) is -2.35. The van der Waals surface area contributed by atoms with Crippen molar-refractivity contribution in [3.05, 3.63) is 58.8 Å². The van der Waals surface area contributed by atoms with Gasteiger partial charge >= 0.3 is 0 Å². The Morgan fingerprint density at radius 2 is 1.52 bits per heavy atom. The number of nitrogens with zero attached hydrogens (tertiary/aromatic N) is 5. The molecule has 0 bridgehead atoms. The Bertz CT molecular complexity index is 1080. The smallest absolute Gasteiger partial charge is 0.151 e. The quantitative estimate of drug-likeness (QED) is 0.502. The second-order valence-corrected chi connectivity index (χ2v) is 11.5. The summed E-state index contributed by atoms with van der Waals surface area (Å²) in [5.41, 5.74) is 4.19. The lowest BCUT2D eigenvalue weighted by Gasteiger charge is -2.46. The van der Waals surface area contributed by atoms with E-state index in [1.54, 1.807) is 0 Å². The van der Waals surface area contributed by atoms with E-state index in [4.69, 9.17) is 19.2 Å². The number of ether oxygens (including phenoxy) is 2. The maximum atomic E-state index is 5.75. The Kier molecular flexibility index (Phi) is 6.28. The van der Waals surface area contributed by atoms with Crippen molar-refractivity contribution in [1.29, 1.82) is 0 Å². The van der Waals surface area contributed by atoms with Gasteiger partial charge in [-0.15, -0.1) is 0 Å². The third kappa shape index (κ3) is 4.01. The summed E-state index contributed by atoms with van der Waals surface area (Å²) in [6.45, 7) is 8.41. The molecule has 7 nitrogen and oxygen atoms in total. The number of imidazole rings is 1. The largest absolute Gasteiger partial charge is 0.379 e. The fourth-order valence-corrected chi connectivity index (χ4v) is 8.76. The van der Waals surface area contributed by atoms with Crippen molar-refractivity contribution in [2.75, 3.05) is 52.6 Å². The molecule has 2 fully saturated rings. The number of halogens is 1. The monoisotopic (exact) mass is 503 g/mol. The summed E-state index contributed by atoms with van der Waals surface area (Å²) in [5.74, 6) is 0. The number of pyridine rings is 1. The molecule has 0 radical (unpaired) electrons. The first-order valence-electron chi connectivity index (χ1n) is 10.7. The van der Waals surface area contributed by atoms with Crippen molar-refractivity contribution in [3.8, 4) is 0 Å². The van der Waals surface area contributed by atoms with Crippen LogP contribution in [0.3, 0.4) is 0 Å². The van der Waals surface area contributed by atoms with Crippen LogP contribution in [0.4, 0.5) is 5.69 Å². The molecular formula is C22H27BrN5O2P. The summed E-state index contributed by atoms with van der Waals surface area (Å²) in [5, 5.41) is 0. The lowest BCUT2D eigenvalue weighted by atomic mass is 10.3. The van der Waals surface area contributed by atoms with Crippen LogP contribution in [0.5, 0.6) is 0 Å². The van der Waals surface area contributed by atoms with E-state index >= 15 is 0 Å². The molecule has 0 unspecified atom stereocenters. The summed E-state index contributed by atoms with van der Waals surface area (Å²) in [6, 6.07) is 14.5. The Labute approximate surface area is 191 Å². The second kappa shape index (κ2) is 9.14. The minimum atomic E-state index is -2.35. The average molecular weight is 504 g/mol. The Hall–Kier alpha value is -1.54. The van der Waals surface area contributed by atoms with Gasteiger partial charge in [0.2, 0.25) is 0 Å². The molecule has 164 valence electrons. The van der Waals surface area contributed by atoms with Crippen LogP contribution in [0.15, 0.2) is 57.9 Å². The van der Waals surface area contributed by atoms with Crippen molar-refractivity contribution in [1.82, 2.24) is 18.7 Å². The minimum Gasteiger partial charge on any atom is -0.379 e. The molecule has 2 aliphatic rings. The van der Waals surface area contributed by atoms with E-state index in [-0.39, 0.29) is 0 Å². The molecule has 31 heavy (non-hydrogen) atoms. The Morgan fingerprint density at radius 1 is 0.903 bits per heavy atom. The maximum absolute atomic E-state index is 5.75. The third-order valence-corrected chi connectivity index (χ3v) is 10.3. The Morgan fingerprint density at radius 3 is 2.13 bits per heavy atom. The van der Waals surface area contributed by atoms with E-state index in [2.05, 4.69) is 79.2 Å². The zero-order chi connectivity index (χ0) is 21.3. The molecule has 2 saturated heterocycles. The molecule has 5 rings (SSSR count). The van der Waals surface area contributed by atoms with E-state index in [0.29, 0.717) is 0 Å². The van der Waals surface area contributed by atoms with Crippen molar-refractivity contribution in [2.24, 2.45) is 4.74 Å². The van der Waals surface area contributed by atoms with Gasteiger partial charge in [0.05, 0.1) is 37.8 Å². The van der Waals surface area contributed by atoms with Crippen LogP contribution in [-0.2, 0) is 9.47 Å². The fraction of sp³-hybridized carbons (Fsp3) is 0.409. The minimum absolute atomic E-state index is 0.720. The van der Waals surface area contributed by atoms with Crippen LogP contribution in [0.2, 0.25) is 0 Å². The molecule has 0 N–H and O–H groups in total. The predicted molar refractivity (Wildman–Crippen MR) is 127 cm³/mol. The highest BCUT2D eigenvalue weighted by atomic mass is 79.9. The van der Waals surface area contributed by atoms with Crippen molar-refractivity contribution < 1.29 is 9.47 Å². The number of morpholine rings is 2. The SMILES string of the molecule is Cc1nc2ccccn2c1P(=Nc1ccc(Br)cc1)(N1CCOCC1)N1CCOCC1. The zero-order valence-corrected chi connectivity index (χ0v) is 20.1. The van der Waals surface area contributed by atoms with E-state index < -0.39 is 7.36 Å². The van der Waals surface area contributed by atoms with Gasteiger partial charge in [0, 0.05) is 36.8 Å². The molecule has 0 saturated carbocycles. The standard InChI is InChI=1S/C22H27BrN5O2P/c1-18-22(28-9-3-2-4-21(28)24-18)31(26-10-14-29-15-11-26,27-12-16-30-17-13-27)25-20-7-5-19(23)6-8-20/h2-9H,10-17H2,1H3. The van der Waals surface area contributed by atoms with Crippen LogP contribution in [0, 0.1) is 6.92 Å². The van der Waals surface area contributed by atoms with Gasteiger partial charge in [0.1, 0.15) is 11.1 Å². The lowest BCUT2D eigenvalue weighted by molar-refractivity contribution is 0.0578. The van der Waals surface area contributed by atoms with Crippen LogP contribution < -0.4 is 5.44 Å². The van der Waals surface area contributed by atoms with Gasteiger partial charge in [-0.2, -0.15) is 0 Å². The van der Waals surface area contributed by atoms with Crippen LogP contribution >= 0.6 is 23.3 Å². The average Bonchev–Trinajstić information content (AvgIpc) is 3.16. The molecule has 0 spiro atoms. The summed E-state index contributed by atoms with van der Waals surface area (Å²) in [4.78, 5) is 4.93. The van der Waals surface area contributed by atoms with Crippen molar-refractivity contribution in [2.45, 2.75) is 6.92 Å². The third-order valence-electron chi connectivity index (χ3n) is 5.80. The first-order chi connectivity index (χ1) is 15.2. The van der Waals surface area contributed by atoms with Crippen molar-refractivity contribution >= 4 is 40.1 Å². The number of hydrogen-bond acceptors (Lipinski definition) is 4. The topological polar surface area (TPSA) is 54.6 Å². The molecule has 0 atom stereocenters. The van der Waals surface area contributed by atoms with Crippen LogP contribution in [0.1, 0.15) is 5.69 Å². The van der Waals surface area contributed by atoms with Gasteiger partial charge in [0.15, 0.2) is 7.36 Å². The van der Waals surface area contributed by atoms with E-state index in [1.165, 1.54) is 5.44 Å².